The molecule has 0 bridgehead atoms. The number of carbonyl (C=O) groups excluding carboxylic acids is 2. The number of benzene rings is 3. The third-order valence-electron chi connectivity index (χ3n) is 5.24. The Kier molecular flexibility index (Phi) is 7.26. The molecule has 34 heavy (non-hydrogen) atoms. The monoisotopic (exact) mass is 578 g/mol. The molecule has 1 saturated carbocycles. The Bertz CT molecular complexity index is 1300. The molecule has 1 aliphatic carbocycles. The summed E-state index contributed by atoms with van der Waals surface area (Å²) in [5.41, 5.74) is 1.20. The normalized spacial score (nSPS) is 18.3. The molecule has 3 aromatic rings. The van der Waals surface area contributed by atoms with Gasteiger partial charge in [-0.3, -0.25) is 9.59 Å². The van der Waals surface area contributed by atoms with E-state index in [1.54, 1.807) is 18.2 Å². The van der Waals surface area contributed by atoms with Crippen molar-refractivity contribution in [3.05, 3.63) is 91.6 Å². The fourth-order valence-electron chi connectivity index (χ4n) is 3.60. The highest BCUT2D eigenvalue weighted by molar-refractivity contribution is 6.53. The van der Waals surface area contributed by atoms with Gasteiger partial charge in [0.1, 0.15) is 10.2 Å². The summed E-state index contributed by atoms with van der Waals surface area (Å²) in [4.78, 5) is 25.7. The van der Waals surface area contributed by atoms with Gasteiger partial charge in [0.05, 0.1) is 27.2 Å². The second-order valence-corrected chi connectivity index (χ2v) is 10.7. The van der Waals surface area contributed by atoms with Crippen molar-refractivity contribution < 1.29 is 14.0 Å². The molecule has 0 spiro atoms. The second kappa shape index (κ2) is 9.73. The van der Waals surface area contributed by atoms with Gasteiger partial charge in [0.25, 0.3) is 5.91 Å². The van der Waals surface area contributed by atoms with Gasteiger partial charge in [0, 0.05) is 21.7 Å². The Morgan fingerprint density at radius 1 is 0.824 bits per heavy atom. The van der Waals surface area contributed by atoms with Crippen LogP contribution in [0.2, 0.25) is 20.1 Å². The summed E-state index contributed by atoms with van der Waals surface area (Å²) in [6.07, 6.45) is 0. The van der Waals surface area contributed by atoms with Crippen LogP contribution in [-0.4, -0.2) is 16.1 Å². The molecule has 3 aromatic carbocycles. The molecule has 2 amide bonds. The Balaban J connectivity index is 1.52. The molecule has 1 aliphatic rings. The number of hydrogen-bond acceptors (Lipinski definition) is 2. The summed E-state index contributed by atoms with van der Waals surface area (Å²) in [5.74, 6) is -2.91. The molecule has 0 heterocycles. The number of nitrogens with one attached hydrogen (secondary N) is 2. The number of alkyl halides is 2. The molecule has 0 aromatic heterocycles. The molecule has 2 atom stereocenters. The highest BCUT2D eigenvalue weighted by Gasteiger charge is 2.67. The molecule has 0 aliphatic heterocycles. The average Bonchev–Trinajstić information content (AvgIpc) is 3.33. The lowest BCUT2D eigenvalue weighted by molar-refractivity contribution is -0.117. The van der Waals surface area contributed by atoms with Gasteiger partial charge >= 0.3 is 0 Å². The number of halogens is 7. The maximum absolute atomic E-state index is 13.3. The topological polar surface area (TPSA) is 58.2 Å². The fraction of sp³-hybridized carbons (Fsp3) is 0.130. The first-order valence-corrected chi connectivity index (χ1v) is 11.9. The zero-order chi connectivity index (χ0) is 24.8. The Morgan fingerprint density at radius 2 is 1.50 bits per heavy atom. The van der Waals surface area contributed by atoms with Gasteiger partial charge in [-0.05, 0) is 60.2 Å². The summed E-state index contributed by atoms with van der Waals surface area (Å²) in [6, 6.07) is 12.8. The van der Waals surface area contributed by atoms with Crippen molar-refractivity contribution in [3.63, 3.8) is 0 Å². The predicted molar refractivity (Wildman–Crippen MR) is 137 cm³/mol. The summed E-state index contributed by atoms with van der Waals surface area (Å²) in [6.45, 7) is 0. The molecule has 1 fully saturated rings. The van der Waals surface area contributed by atoms with Gasteiger partial charge in [0.2, 0.25) is 5.91 Å². The Labute approximate surface area is 224 Å². The molecule has 11 heteroatoms. The SMILES string of the molecule is O=C(Nc1ccc(F)cc1Cl)c1cc(NC(=O)C2C(c3cc(Cl)cc(Cl)c3)C2(Cl)Cl)ccc1Cl. The summed E-state index contributed by atoms with van der Waals surface area (Å²) < 4.78 is 11.9. The number of anilines is 2. The standard InChI is InChI=1S/C23H13Cl6FN2O2/c24-11-5-10(6-12(25)7-11)19-20(23(19,28)29)22(34)31-14-2-3-16(26)15(9-14)21(33)32-18-4-1-13(30)8-17(18)27/h1-9,19-20H,(H,31,34)(H,32,33). The maximum atomic E-state index is 13.3. The van der Waals surface area contributed by atoms with Crippen LogP contribution in [0.5, 0.6) is 0 Å². The van der Waals surface area contributed by atoms with E-state index in [2.05, 4.69) is 10.6 Å². The molecule has 2 unspecified atom stereocenters. The smallest absolute Gasteiger partial charge is 0.257 e. The van der Waals surface area contributed by atoms with E-state index in [-0.39, 0.29) is 21.3 Å². The summed E-state index contributed by atoms with van der Waals surface area (Å²) in [7, 11) is 0. The van der Waals surface area contributed by atoms with Crippen molar-refractivity contribution in [2.45, 2.75) is 10.3 Å². The van der Waals surface area contributed by atoms with Crippen molar-refractivity contribution in [2.24, 2.45) is 5.92 Å². The molecule has 0 saturated heterocycles. The Hall–Kier alpha value is -1.73. The van der Waals surface area contributed by atoms with Gasteiger partial charge in [0.15, 0.2) is 0 Å². The van der Waals surface area contributed by atoms with E-state index in [1.165, 1.54) is 24.3 Å². The first kappa shape index (κ1) is 25.4. The quantitative estimate of drug-likeness (QED) is 0.299. The van der Waals surface area contributed by atoms with E-state index < -0.39 is 33.8 Å². The van der Waals surface area contributed by atoms with E-state index in [4.69, 9.17) is 69.6 Å². The third kappa shape index (κ3) is 5.25. The van der Waals surface area contributed by atoms with Crippen LogP contribution in [0.3, 0.4) is 0 Å². The first-order chi connectivity index (χ1) is 16.0. The lowest BCUT2D eigenvalue weighted by Crippen LogP contribution is -2.18. The van der Waals surface area contributed by atoms with Gasteiger partial charge in [-0.15, -0.1) is 23.2 Å². The van der Waals surface area contributed by atoms with E-state index >= 15 is 0 Å². The van der Waals surface area contributed by atoms with Crippen LogP contribution in [-0.2, 0) is 4.79 Å². The predicted octanol–water partition coefficient (Wildman–Crippen LogP) is 8.22. The van der Waals surface area contributed by atoms with Crippen molar-refractivity contribution in [2.75, 3.05) is 10.6 Å². The van der Waals surface area contributed by atoms with Gasteiger partial charge in [-0.2, -0.15) is 0 Å². The van der Waals surface area contributed by atoms with Crippen molar-refractivity contribution in [3.8, 4) is 0 Å². The van der Waals surface area contributed by atoms with E-state index in [0.29, 0.717) is 21.3 Å². The minimum absolute atomic E-state index is 0.0235. The van der Waals surface area contributed by atoms with Crippen LogP contribution in [0.15, 0.2) is 54.6 Å². The Morgan fingerprint density at radius 3 is 2.15 bits per heavy atom. The zero-order valence-electron chi connectivity index (χ0n) is 16.8. The number of hydrogen-bond donors (Lipinski definition) is 2. The highest BCUT2D eigenvalue weighted by atomic mass is 35.5. The van der Waals surface area contributed by atoms with Crippen LogP contribution in [0.4, 0.5) is 15.8 Å². The molecular weight excluding hydrogens is 568 g/mol. The molecule has 0 radical (unpaired) electrons. The lowest BCUT2D eigenvalue weighted by Gasteiger charge is -2.11. The molecule has 4 nitrogen and oxygen atoms in total. The molecule has 176 valence electrons. The van der Waals surface area contributed by atoms with Gasteiger partial charge < -0.3 is 10.6 Å². The van der Waals surface area contributed by atoms with Crippen LogP contribution in [0.1, 0.15) is 21.8 Å². The van der Waals surface area contributed by atoms with Crippen LogP contribution >= 0.6 is 69.6 Å². The van der Waals surface area contributed by atoms with Crippen LogP contribution in [0, 0.1) is 11.7 Å². The number of amides is 2. The number of rotatable bonds is 5. The van der Waals surface area contributed by atoms with E-state index in [1.807, 2.05) is 0 Å². The van der Waals surface area contributed by atoms with Crippen molar-refractivity contribution in [1.82, 2.24) is 0 Å². The maximum Gasteiger partial charge on any atom is 0.257 e. The largest absolute Gasteiger partial charge is 0.326 e. The zero-order valence-corrected chi connectivity index (χ0v) is 21.3. The molecular formula is C23H13Cl6FN2O2. The number of carbonyl (C=O) groups is 2. The average molecular weight is 581 g/mol. The molecule has 4 rings (SSSR count). The fourth-order valence-corrected chi connectivity index (χ4v) is 5.39. The minimum atomic E-state index is -1.36. The van der Waals surface area contributed by atoms with Crippen molar-refractivity contribution in [1.29, 1.82) is 0 Å². The van der Waals surface area contributed by atoms with Gasteiger partial charge in [-0.25, -0.2) is 4.39 Å². The molecule has 2 N–H and O–H groups in total. The summed E-state index contributed by atoms with van der Waals surface area (Å²) in [5, 5.41) is 6.22. The van der Waals surface area contributed by atoms with E-state index in [0.717, 1.165) is 12.1 Å². The first-order valence-electron chi connectivity index (χ1n) is 9.68. The minimum Gasteiger partial charge on any atom is -0.326 e. The summed E-state index contributed by atoms with van der Waals surface area (Å²) >= 11 is 37.0. The van der Waals surface area contributed by atoms with Gasteiger partial charge in [-0.1, -0.05) is 46.4 Å². The van der Waals surface area contributed by atoms with Crippen LogP contribution < -0.4 is 10.6 Å². The lowest BCUT2D eigenvalue weighted by atomic mass is 10.1. The van der Waals surface area contributed by atoms with E-state index in [9.17, 15) is 14.0 Å². The van der Waals surface area contributed by atoms with Crippen LogP contribution in [0.25, 0.3) is 0 Å². The second-order valence-electron chi connectivity index (χ2n) is 7.59. The third-order valence-corrected chi connectivity index (χ3v) is 7.26. The van der Waals surface area contributed by atoms with Crippen molar-refractivity contribution >= 4 is 92.8 Å². The highest BCUT2D eigenvalue weighted by Crippen LogP contribution is 2.65.